The number of nitrogens with one attached hydrogen (secondary N) is 3. The number of nitrogens with zero attached hydrogens (tertiary/aromatic N) is 2. The fourth-order valence-corrected chi connectivity index (χ4v) is 5.77. The SMILES string of the molecule is CN1C(=O)c2cc(NC(=O)Nc3ccccc3Cl)ccc2OC[C@H]2O[C@H](CC(=O)NCCCN3CCOCC3)CC[C@H]21. The number of carbonyl (C=O) groups is 3. The van der Waals surface area contributed by atoms with Gasteiger partial charge in [-0.05, 0) is 56.1 Å². The fraction of sp³-hybridized carbons (Fsp3) is 0.500. The van der Waals surface area contributed by atoms with Gasteiger partial charge in [-0.1, -0.05) is 23.7 Å². The molecule has 12 heteroatoms. The van der Waals surface area contributed by atoms with Crippen molar-refractivity contribution in [2.24, 2.45) is 0 Å². The number of halogens is 1. The number of ether oxygens (including phenoxy) is 3. The van der Waals surface area contributed by atoms with Crippen LogP contribution in [0.4, 0.5) is 16.2 Å². The van der Waals surface area contributed by atoms with E-state index >= 15 is 0 Å². The Balaban J connectivity index is 1.13. The molecular formula is C30H38ClN5O6. The van der Waals surface area contributed by atoms with Crippen molar-refractivity contribution in [1.29, 1.82) is 0 Å². The molecule has 0 saturated carbocycles. The van der Waals surface area contributed by atoms with E-state index in [1.165, 1.54) is 0 Å². The minimum Gasteiger partial charge on any atom is -0.490 e. The van der Waals surface area contributed by atoms with Gasteiger partial charge in [0.15, 0.2) is 0 Å². The van der Waals surface area contributed by atoms with Crippen LogP contribution < -0.4 is 20.7 Å². The van der Waals surface area contributed by atoms with Crippen molar-refractivity contribution in [3.63, 3.8) is 0 Å². The summed E-state index contributed by atoms with van der Waals surface area (Å²) in [7, 11) is 1.75. The average Bonchev–Trinajstić information content (AvgIpc) is 2.99. The number of amides is 4. The minimum atomic E-state index is -0.483. The Kier molecular flexibility index (Phi) is 10.2. The molecule has 4 amide bonds. The standard InChI is InChI=1S/C30H38ClN5O6/c1-35-25-9-8-21(18-28(37)32-11-4-12-36-13-15-40-16-14-36)42-27(25)19-41-26-10-7-20(17-22(26)29(35)38)33-30(39)34-24-6-3-2-5-23(24)31/h2-3,5-7,10,17,21,25,27H,4,8-9,11-16,18-19H2,1H3,(H,32,37)(H2,33,34,39)/t21-,25+,27+/m0/s1. The lowest BCUT2D eigenvalue weighted by atomic mass is 9.94. The fourth-order valence-electron chi connectivity index (χ4n) is 5.59. The first-order chi connectivity index (χ1) is 20.4. The maximum Gasteiger partial charge on any atom is 0.323 e. The molecule has 0 aromatic heterocycles. The van der Waals surface area contributed by atoms with Gasteiger partial charge in [-0.2, -0.15) is 0 Å². The number of fused-ring (bicyclic) bond motifs is 2. The molecule has 2 aromatic carbocycles. The van der Waals surface area contributed by atoms with E-state index in [-0.39, 0.29) is 43.1 Å². The van der Waals surface area contributed by atoms with Crippen LogP contribution in [0, 0.1) is 0 Å². The van der Waals surface area contributed by atoms with Crippen molar-refractivity contribution in [2.45, 2.75) is 43.9 Å². The van der Waals surface area contributed by atoms with Crippen LogP contribution in [0.2, 0.25) is 5.02 Å². The molecule has 42 heavy (non-hydrogen) atoms. The number of likely N-dealkylation sites (N-methyl/N-ethyl adjacent to an activating group) is 1. The monoisotopic (exact) mass is 599 g/mol. The van der Waals surface area contributed by atoms with Crippen LogP contribution in [0.25, 0.3) is 0 Å². The molecule has 3 aliphatic rings. The second-order valence-corrected chi connectivity index (χ2v) is 11.2. The van der Waals surface area contributed by atoms with E-state index in [0.29, 0.717) is 47.1 Å². The van der Waals surface area contributed by atoms with Crippen molar-refractivity contribution in [3.05, 3.63) is 53.1 Å². The van der Waals surface area contributed by atoms with Crippen LogP contribution in [0.15, 0.2) is 42.5 Å². The van der Waals surface area contributed by atoms with Gasteiger partial charge in [0.05, 0.1) is 48.1 Å². The lowest BCUT2D eigenvalue weighted by Crippen LogP contribution is -2.54. The zero-order valence-corrected chi connectivity index (χ0v) is 24.5. The summed E-state index contributed by atoms with van der Waals surface area (Å²) in [6.07, 6.45) is 1.93. The maximum absolute atomic E-state index is 13.5. The molecule has 0 radical (unpaired) electrons. The van der Waals surface area contributed by atoms with Crippen molar-refractivity contribution in [2.75, 3.05) is 63.7 Å². The summed E-state index contributed by atoms with van der Waals surface area (Å²) in [5.74, 6) is 0.154. The van der Waals surface area contributed by atoms with Gasteiger partial charge in [-0.25, -0.2) is 4.79 Å². The summed E-state index contributed by atoms with van der Waals surface area (Å²) >= 11 is 6.13. The number of carbonyl (C=O) groups excluding carboxylic acids is 3. The Bertz CT molecular complexity index is 1270. The predicted molar refractivity (Wildman–Crippen MR) is 159 cm³/mol. The normalized spacial score (nSPS) is 22.6. The number of rotatable bonds is 8. The molecule has 3 heterocycles. The highest BCUT2D eigenvalue weighted by Gasteiger charge is 2.39. The van der Waals surface area contributed by atoms with Crippen LogP contribution in [-0.4, -0.2) is 98.9 Å². The zero-order valence-electron chi connectivity index (χ0n) is 23.8. The molecule has 3 N–H and O–H groups in total. The van der Waals surface area contributed by atoms with Crippen LogP contribution in [-0.2, 0) is 14.3 Å². The molecule has 0 bridgehead atoms. The summed E-state index contributed by atoms with van der Waals surface area (Å²) in [5, 5.41) is 8.89. The lowest BCUT2D eigenvalue weighted by molar-refractivity contribution is -0.134. The van der Waals surface area contributed by atoms with Crippen LogP contribution in [0.1, 0.15) is 36.0 Å². The topological polar surface area (TPSA) is 121 Å². The third kappa shape index (κ3) is 7.71. The van der Waals surface area contributed by atoms with Gasteiger partial charge in [0.25, 0.3) is 5.91 Å². The first-order valence-corrected chi connectivity index (χ1v) is 14.8. The van der Waals surface area contributed by atoms with Crippen molar-refractivity contribution >= 4 is 40.8 Å². The Labute approximate surface area is 250 Å². The first kappa shape index (κ1) is 30.1. The molecule has 3 aliphatic heterocycles. The van der Waals surface area contributed by atoms with E-state index in [9.17, 15) is 14.4 Å². The van der Waals surface area contributed by atoms with Gasteiger partial charge < -0.3 is 35.1 Å². The van der Waals surface area contributed by atoms with Gasteiger partial charge in [-0.15, -0.1) is 0 Å². The second kappa shape index (κ2) is 14.2. The summed E-state index contributed by atoms with van der Waals surface area (Å²) in [4.78, 5) is 42.7. The molecule has 0 aliphatic carbocycles. The van der Waals surface area contributed by atoms with E-state index in [2.05, 4.69) is 20.9 Å². The minimum absolute atomic E-state index is 0.0273. The maximum atomic E-state index is 13.5. The number of para-hydroxylation sites is 1. The molecule has 2 aromatic rings. The molecule has 2 fully saturated rings. The number of hydrogen-bond acceptors (Lipinski definition) is 7. The summed E-state index contributed by atoms with van der Waals surface area (Å²) in [6.45, 7) is 5.24. The summed E-state index contributed by atoms with van der Waals surface area (Å²) < 4.78 is 17.7. The predicted octanol–water partition coefficient (Wildman–Crippen LogP) is 3.59. The highest BCUT2D eigenvalue weighted by atomic mass is 35.5. The summed E-state index contributed by atoms with van der Waals surface area (Å²) in [6, 6.07) is 11.2. The Morgan fingerprint density at radius 3 is 2.69 bits per heavy atom. The molecule has 2 saturated heterocycles. The smallest absolute Gasteiger partial charge is 0.323 e. The summed E-state index contributed by atoms with van der Waals surface area (Å²) in [5.41, 5.74) is 1.27. The number of morpholine rings is 1. The molecule has 0 unspecified atom stereocenters. The van der Waals surface area contributed by atoms with Gasteiger partial charge in [0.1, 0.15) is 18.5 Å². The highest BCUT2D eigenvalue weighted by molar-refractivity contribution is 6.33. The van der Waals surface area contributed by atoms with E-state index in [0.717, 1.165) is 39.3 Å². The third-order valence-electron chi connectivity index (χ3n) is 7.88. The average molecular weight is 600 g/mol. The highest BCUT2D eigenvalue weighted by Crippen LogP contribution is 2.32. The Morgan fingerprint density at radius 2 is 1.88 bits per heavy atom. The third-order valence-corrected chi connectivity index (χ3v) is 8.21. The van der Waals surface area contributed by atoms with Gasteiger partial charge in [0, 0.05) is 32.4 Å². The number of urea groups is 1. The van der Waals surface area contributed by atoms with Crippen LogP contribution in [0.5, 0.6) is 5.75 Å². The van der Waals surface area contributed by atoms with Crippen molar-refractivity contribution in [3.8, 4) is 5.75 Å². The number of benzene rings is 2. The number of hydrogen-bond donors (Lipinski definition) is 3. The molecular weight excluding hydrogens is 562 g/mol. The quantitative estimate of drug-likeness (QED) is 0.397. The van der Waals surface area contributed by atoms with E-state index in [1.54, 1.807) is 54.4 Å². The number of anilines is 2. The van der Waals surface area contributed by atoms with E-state index < -0.39 is 6.03 Å². The zero-order chi connectivity index (χ0) is 29.5. The van der Waals surface area contributed by atoms with Crippen LogP contribution in [0.3, 0.4) is 0 Å². The van der Waals surface area contributed by atoms with Gasteiger partial charge in [0.2, 0.25) is 5.91 Å². The van der Waals surface area contributed by atoms with Gasteiger partial charge >= 0.3 is 6.03 Å². The molecule has 3 atom stereocenters. The largest absolute Gasteiger partial charge is 0.490 e. The van der Waals surface area contributed by atoms with E-state index in [4.69, 9.17) is 25.8 Å². The molecule has 226 valence electrons. The van der Waals surface area contributed by atoms with Crippen LogP contribution >= 0.6 is 11.6 Å². The van der Waals surface area contributed by atoms with E-state index in [1.807, 2.05) is 0 Å². The Hall–Kier alpha value is -3.38. The molecule has 11 nitrogen and oxygen atoms in total. The molecule has 0 spiro atoms. The Morgan fingerprint density at radius 1 is 1.07 bits per heavy atom. The van der Waals surface area contributed by atoms with Crippen molar-refractivity contribution in [1.82, 2.24) is 15.1 Å². The lowest BCUT2D eigenvalue weighted by Gasteiger charge is -2.42. The van der Waals surface area contributed by atoms with Gasteiger partial charge in [-0.3, -0.25) is 14.5 Å². The first-order valence-electron chi connectivity index (χ1n) is 14.5. The van der Waals surface area contributed by atoms with Crippen molar-refractivity contribution < 1.29 is 28.6 Å². The molecule has 5 rings (SSSR count). The second-order valence-electron chi connectivity index (χ2n) is 10.8.